The van der Waals surface area contributed by atoms with Crippen LogP contribution in [-0.4, -0.2) is 53.1 Å². The third-order valence-electron chi connectivity index (χ3n) is 7.62. The van der Waals surface area contributed by atoms with Crippen LogP contribution < -0.4 is 10.2 Å². The van der Waals surface area contributed by atoms with Crippen molar-refractivity contribution in [2.24, 2.45) is 0 Å². The summed E-state index contributed by atoms with van der Waals surface area (Å²) in [6.07, 6.45) is 16.1. The second-order valence-electron chi connectivity index (χ2n) is 9.91. The zero-order valence-corrected chi connectivity index (χ0v) is 19.1. The van der Waals surface area contributed by atoms with Gasteiger partial charge in [-0.15, -0.1) is 0 Å². The van der Waals surface area contributed by atoms with Gasteiger partial charge in [-0.2, -0.15) is 4.98 Å². The van der Waals surface area contributed by atoms with Gasteiger partial charge in [-0.3, -0.25) is 4.90 Å². The Morgan fingerprint density at radius 3 is 2.29 bits per heavy atom. The summed E-state index contributed by atoms with van der Waals surface area (Å²) in [5, 5.41) is 4.98. The fourth-order valence-corrected chi connectivity index (χ4v) is 5.90. The summed E-state index contributed by atoms with van der Waals surface area (Å²) in [5.74, 6) is 1.96. The Bertz CT molecular complexity index is 839. The predicted molar refractivity (Wildman–Crippen MR) is 130 cm³/mol. The highest BCUT2D eigenvalue weighted by Crippen LogP contribution is 2.29. The Labute approximate surface area is 187 Å². The standard InChI is InChI=1S/C26H39N5/c1-2-10-18-30(17-9-1)25-23-15-6-7-16-24(23)28-26(29-25)27-21-12-8-11-19-31(20-21)22-13-4-3-5-14-22/h6-7,15-16,21-22H,1-5,8-14,17-20H2,(H,27,28,29)/t21-/m0/s1. The van der Waals surface area contributed by atoms with Crippen LogP contribution in [0.15, 0.2) is 24.3 Å². The van der Waals surface area contributed by atoms with E-state index in [0.29, 0.717) is 6.04 Å². The number of fused-ring (bicyclic) bond motifs is 1. The summed E-state index contributed by atoms with van der Waals surface area (Å²) in [4.78, 5) is 15.3. The van der Waals surface area contributed by atoms with Crippen LogP contribution in [0.1, 0.15) is 77.0 Å². The first-order chi connectivity index (χ1) is 15.4. The largest absolute Gasteiger partial charge is 0.356 e. The summed E-state index contributed by atoms with van der Waals surface area (Å²) < 4.78 is 0. The number of hydrogen-bond acceptors (Lipinski definition) is 5. The van der Waals surface area contributed by atoms with Gasteiger partial charge in [-0.25, -0.2) is 4.98 Å². The van der Waals surface area contributed by atoms with Gasteiger partial charge in [0.15, 0.2) is 0 Å². The predicted octanol–water partition coefficient (Wildman–Crippen LogP) is 5.61. The Morgan fingerprint density at radius 1 is 0.742 bits per heavy atom. The van der Waals surface area contributed by atoms with E-state index in [2.05, 4.69) is 39.4 Å². The van der Waals surface area contributed by atoms with E-state index in [9.17, 15) is 0 Å². The molecule has 5 nitrogen and oxygen atoms in total. The number of nitrogens with zero attached hydrogens (tertiary/aromatic N) is 4. The normalized spacial score (nSPS) is 24.6. The smallest absolute Gasteiger partial charge is 0.225 e. The van der Waals surface area contributed by atoms with E-state index >= 15 is 0 Å². The maximum Gasteiger partial charge on any atom is 0.225 e. The molecule has 0 spiro atoms. The zero-order valence-electron chi connectivity index (χ0n) is 19.1. The van der Waals surface area contributed by atoms with Crippen LogP contribution in [0.4, 0.5) is 11.8 Å². The van der Waals surface area contributed by atoms with Crippen LogP contribution in [0, 0.1) is 0 Å². The van der Waals surface area contributed by atoms with Crippen LogP contribution in [0.5, 0.6) is 0 Å². The minimum Gasteiger partial charge on any atom is -0.356 e. The average Bonchev–Trinajstić information content (AvgIpc) is 3.22. The van der Waals surface area contributed by atoms with Gasteiger partial charge in [0.25, 0.3) is 0 Å². The van der Waals surface area contributed by atoms with Gasteiger partial charge in [0.05, 0.1) is 5.52 Å². The van der Waals surface area contributed by atoms with E-state index in [0.717, 1.165) is 43.0 Å². The third-order valence-corrected chi connectivity index (χ3v) is 7.62. The number of hydrogen-bond donors (Lipinski definition) is 1. The highest BCUT2D eigenvalue weighted by atomic mass is 15.3. The SMILES string of the molecule is c1ccc2c(N3CCCCCC3)nc(N[C@H]3CCCCN(C4CCCCC4)C3)nc2c1. The van der Waals surface area contributed by atoms with Gasteiger partial charge < -0.3 is 10.2 Å². The number of rotatable bonds is 4. The highest BCUT2D eigenvalue weighted by Gasteiger charge is 2.26. The molecule has 5 heteroatoms. The summed E-state index contributed by atoms with van der Waals surface area (Å²) in [5.41, 5.74) is 1.07. The molecule has 3 heterocycles. The minimum atomic E-state index is 0.447. The molecule has 5 rings (SSSR count). The van der Waals surface area contributed by atoms with E-state index < -0.39 is 0 Å². The number of likely N-dealkylation sites (tertiary alicyclic amines) is 1. The van der Waals surface area contributed by atoms with E-state index in [-0.39, 0.29) is 0 Å². The van der Waals surface area contributed by atoms with Crippen molar-refractivity contribution in [1.29, 1.82) is 0 Å². The summed E-state index contributed by atoms with van der Waals surface area (Å²) >= 11 is 0. The fourth-order valence-electron chi connectivity index (χ4n) is 5.90. The molecule has 1 N–H and O–H groups in total. The molecule has 1 aromatic carbocycles. The molecule has 2 aliphatic heterocycles. The molecule has 0 bridgehead atoms. The molecule has 1 aliphatic carbocycles. The Morgan fingerprint density at radius 2 is 1.45 bits per heavy atom. The minimum absolute atomic E-state index is 0.447. The molecule has 31 heavy (non-hydrogen) atoms. The van der Waals surface area contributed by atoms with Crippen molar-refractivity contribution in [3.63, 3.8) is 0 Å². The number of para-hydroxylation sites is 1. The van der Waals surface area contributed by atoms with E-state index in [4.69, 9.17) is 9.97 Å². The molecule has 0 amide bonds. The molecular formula is C26H39N5. The molecule has 1 aromatic heterocycles. The lowest BCUT2D eigenvalue weighted by Crippen LogP contribution is -2.43. The van der Waals surface area contributed by atoms with Gasteiger partial charge in [0, 0.05) is 37.1 Å². The molecule has 2 aromatic rings. The van der Waals surface area contributed by atoms with Crippen molar-refractivity contribution in [1.82, 2.24) is 14.9 Å². The molecule has 1 saturated carbocycles. The van der Waals surface area contributed by atoms with E-state index in [1.807, 2.05) is 0 Å². The first-order valence-corrected chi connectivity index (χ1v) is 12.9. The number of anilines is 2. The maximum atomic E-state index is 5.11. The third kappa shape index (κ3) is 5.14. The van der Waals surface area contributed by atoms with Crippen LogP contribution >= 0.6 is 0 Å². The van der Waals surface area contributed by atoms with Gasteiger partial charge in [0.2, 0.25) is 5.95 Å². The average molecular weight is 422 g/mol. The lowest BCUT2D eigenvalue weighted by molar-refractivity contribution is 0.158. The van der Waals surface area contributed by atoms with Crippen LogP contribution in [-0.2, 0) is 0 Å². The van der Waals surface area contributed by atoms with Crippen molar-refractivity contribution >= 4 is 22.7 Å². The first-order valence-electron chi connectivity index (χ1n) is 12.9. The molecule has 3 aliphatic rings. The monoisotopic (exact) mass is 421 g/mol. The van der Waals surface area contributed by atoms with Gasteiger partial charge >= 0.3 is 0 Å². The van der Waals surface area contributed by atoms with Crippen LogP contribution in [0.3, 0.4) is 0 Å². The van der Waals surface area contributed by atoms with E-state index in [1.54, 1.807) is 0 Å². The zero-order chi connectivity index (χ0) is 20.9. The second-order valence-corrected chi connectivity index (χ2v) is 9.91. The molecule has 168 valence electrons. The maximum absolute atomic E-state index is 5.11. The Balaban J connectivity index is 1.37. The topological polar surface area (TPSA) is 44.3 Å². The molecule has 3 fully saturated rings. The van der Waals surface area contributed by atoms with Crippen molar-refractivity contribution < 1.29 is 0 Å². The summed E-state index contributed by atoms with van der Waals surface area (Å²) in [7, 11) is 0. The summed E-state index contributed by atoms with van der Waals surface area (Å²) in [6.45, 7) is 4.62. The molecular weight excluding hydrogens is 382 g/mol. The van der Waals surface area contributed by atoms with Gasteiger partial charge in [-0.1, -0.05) is 50.7 Å². The number of aromatic nitrogens is 2. The number of benzene rings is 1. The first kappa shape index (κ1) is 21.0. The second kappa shape index (κ2) is 10.2. The molecule has 1 atom stereocenters. The van der Waals surface area contributed by atoms with Crippen molar-refractivity contribution in [2.45, 2.75) is 89.1 Å². The highest BCUT2D eigenvalue weighted by molar-refractivity contribution is 5.90. The van der Waals surface area contributed by atoms with Crippen molar-refractivity contribution in [2.75, 3.05) is 36.4 Å². The Kier molecular flexibility index (Phi) is 6.88. The fraction of sp³-hybridized carbons (Fsp3) is 0.692. The van der Waals surface area contributed by atoms with Crippen molar-refractivity contribution in [3.8, 4) is 0 Å². The quantitative estimate of drug-likeness (QED) is 0.695. The molecule has 2 saturated heterocycles. The summed E-state index contributed by atoms with van der Waals surface area (Å²) in [6, 6.07) is 9.79. The van der Waals surface area contributed by atoms with Crippen LogP contribution in [0.25, 0.3) is 10.9 Å². The lowest BCUT2D eigenvalue weighted by Gasteiger charge is -2.35. The molecule has 0 unspecified atom stereocenters. The lowest BCUT2D eigenvalue weighted by atomic mass is 9.94. The van der Waals surface area contributed by atoms with Crippen LogP contribution in [0.2, 0.25) is 0 Å². The Hall–Kier alpha value is -1.88. The van der Waals surface area contributed by atoms with E-state index in [1.165, 1.54) is 89.0 Å². The van der Waals surface area contributed by atoms with Gasteiger partial charge in [-0.05, 0) is 57.2 Å². The van der Waals surface area contributed by atoms with Crippen molar-refractivity contribution in [3.05, 3.63) is 24.3 Å². The number of nitrogens with one attached hydrogen (secondary N) is 1. The molecule has 0 radical (unpaired) electrons. The van der Waals surface area contributed by atoms with Gasteiger partial charge in [0.1, 0.15) is 5.82 Å².